The maximum absolute atomic E-state index is 13.0. The third-order valence-corrected chi connectivity index (χ3v) is 5.05. The van der Waals surface area contributed by atoms with Gasteiger partial charge in [0.25, 0.3) is 0 Å². The number of hydrogen-bond donors (Lipinski definition) is 1. The first-order chi connectivity index (χ1) is 12.7. The number of benzene rings is 2. The lowest BCUT2D eigenvalue weighted by molar-refractivity contribution is -0.137. The summed E-state index contributed by atoms with van der Waals surface area (Å²) in [4.78, 5) is 15.0. The van der Waals surface area contributed by atoms with Crippen molar-refractivity contribution in [1.82, 2.24) is 4.90 Å². The molecule has 0 aromatic heterocycles. The molecule has 2 atom stereocenters. The van der Waals surface area contributed by atoms with E-state index in [-0.39, 0.29) is 24.5 Å². The average Bonchev–Trinajstić information content (AvgIpc) is 2.71. The van der Waals surface area contributed by atoms with Crippen molar-refractivity contribution in [2.45, 2.75) is 31.5 Å². The van der Waals surface area contributed by atoms with E-state index in [9.17, 15) is 4.79 Å². The van der Waals surface area contributed by atoms with Crippen LogP contribution in [0.15, 0.2) is 48.5 Å². The predicted octanol–water partition coefficient (Wildman–Crippen LogP) is 2.69. The molecule has 0 bridgehead atoms. The second-order valence-corrected chi connectivity index (χ2v) is 6.58. The highest BCUT2D eigenvalue weighted by Gasteiger charge is 2.31. The molecule has 26 heavy (non-hydrogen) atoms. The van der Waals surface area contributed by atoms with Crippen LogP contribution in [0.3, 0.4) is 0 Å². The summed E-state index contributed by atoms with van der Waals surface area (Å²) in [7, 11) is 3.25. The van der Waals surface area contributed by atoms with Crippen LogP contribution in [0, 0.1) is 0 Å². The summed E-state index contributed by atoms with van der Waals surface area (Å²) < 4.78 is 10.7. The average molecular weight is 354 g/mol. The molecule has 1 aliphatic heterocycles. The summed E-state index contributed by atoms with van der Waals surface area (Å²) in [5.41, 5.74) is 9.24. The molecule has 1 amide bonds. The maximum atomic E-state index is 13.0. The Morgan fingerprint density at radius 1 is 1.19 bits per heavy atom. The zero-order chi connectivity index (χ0) is 18.5. The molecule has 2 N–H and O–H groups in total. The minimum absolute atomic E-state index is 0.0138. The largest absolute Gasteiger partial charge is 0.497 e. The normalized spacial score (nSPS) is 17.5. The molecule has 0 aliphatic carbocycles. The van der Waals surface area contributed by atoms with Crippen molar-refractivity contribution in [3.8, 4) is 5.75 Å². The zero-order valence-electron chi connectivity index (χ0n) is 15.4. The molecule has 5 heteroatoms. The molecule has 3 rings (SSSR count). The molecule has 1 aliphatic rings. The van der Waals surface area contributed by atoms with Gasteiger partial charge in [-0.05, 0) is 35.2 Å². The van der Waals surface area contributed by atoms with Gasteiger partial charge in [-0.2, -0.15) is 0 Å². The van der Waals surface area contributed by atoms with Crippen LogP contribution >= 0.6 is 0 Å². The summed E-state index contributed by atoms with van der Waals surface area (Å²) >= 11 is 0. The first-order valence-electron chi connectivity index (χ1n) is 8.89. The number of amides is 1. The van der Waals surface area contributed by atoms with Gasteiger partial charge in [-0.15, -0.1) is 0 Å². The second kappa shape index (κ2) is 8.34. The summed E-state index contributed by atoms with van der Waals surface area (Å²) in [5.74, 6) is 0.871. The van der Waals surface area contributed by atoms with Gasteiger partial charge in [-0.3, -0.25) is 4.79 Å². The predicted molar refractivity (Wildman–Crippen MR) is 101 cm³/mol. The SMILES string of the molecule is COc1ccc2c(c1)CN(C(=O)CC(CN)OC)C(c1ccccc1)C2. The Morgan fingerprint density at radius 2 is 1.96 bits per heavy atom. The van der Waals surface area contributed by atoms with E-state index >= 15 is 0 Å². The monoisotopic (exact) mass is 354 g/mol. The van der Waals surface area contributed by atoms with Crippen molar-refractivity contribution in [3.05, 3.63) is 65.2 Å². The minimum atomic E-state index is -0.259. The number of nitrogens with zero attached hydrogens (tertiary/aromatic N) is 1. The van der Waals surface area contributed by atoms with E-state index in [4.69, 9.17) is 15.2 Å². The minimum Gasteiger partial charge on any atom is -0.497 e. The molecule has 2 aromatic carbocycles. The van der Waals surface area contributed by atoms with Gasteiger partial charge in [-0.25, -0.2) is 0 Å². The first kappa shape index (κ1) is 18.4. The van der Waals surface area contributed by atoms with Crippen molar-refractivity contribution in [2.24, 2.45) is 5.73 Å². The summed E-state index contributed by atoms with van der Waals surface area (Å²) in [6.07, 6.45) is 0.816. The van der Waals surface area contributed by atoms with Crippen molar-refractivity contribution >= 4 is 5.91 Å². The highest BCUT2D eigenvalue weighted by Crippen LogP contribution is 2.35. The van der Waals surface area contributed by atoms with Crippen LogP contribution in [-0.4, -0.2) is 37.7 Å². The Kier molecular flexibility index (Phi) is 5.91. The van der Waals surface area contributed by atoms with Crippen LogP contribution in [0.5, 0.6) is 5.75 Å². The van der Waals surface area contributed by atoms with Crippen LogP contribution in [0.25, 0.3) is 0 Å². The Balaban J connectivity index is 1.92. The molecule has 2 aromatic rings. The second-order valence-electron chi connectivity index (χ2n) is 6.58. The molecule has 138 valence electrons. The lowest BCUT2D eigenvalue weighted by Crippen LogP contribution is -2.41. The number of nitrogens with two attached hydrogens (primary N) is 1. The van der Waals surface area contributed by atoms with Crippen LogP contribution in [0.2, 0.25) is 0 Å². The number of carbonyl (C=O) groups is 1. The maximum Gasteiger partial charge on any atom is 0.226 e. The Bertz CT molecular complexity index is 744. The third-order valence-electron chi connectivity index (χ3n) is 5.05. The number of rotatable bonds is 6. The van der Waals surface area contributed by atoms with E-state index < -0.39 is 0 Å². The van der Waals surface area contributed by atoms with E-state index in [1.165, 1.54) is 5.56 Å². The lowest BCUT2D eigenvalue weighted by atomic mass is 9.89. The number of carbonyl (C=O) groups excluding carboxylic acids is 1. The molecule has 0 saturated heterocycles. The van der Waals surface area contributed by atoms with Gasteiger partial charge < -0.3 is 20.1 Å². The van der Waals surface area contributed by atoms with Gasteiger partial charge in [0.2, 0.25) is 5.91 Å². The van der Waals surface area contributed by atoms with Crippen molar-refractivity contribution in [2.75, 3.05) is 20.8 Å². The molecule has 1 heterocycles. The van der Waals surface area contributed by atoms with Crippen LogP contribution in [0.1, 0.15) is 29.2 Å². The van der Waals surface area contributed by atoms with Gasteiger partial charge in [-0.1, -0.05) is 36.4 Å². The van der Waals surface area contributed by atoms with Crippen molar-refractivity contribution < 1.29 is 14.3 Å². The lowest BCUT2D eigenvalue weighted by Gasteiger charge is -2.38. The van der Waals surface area contributed by atoms with Crippen LogP contribution in [0.4, 0.5) is 0 Å². The molecule has 0 radical (unpaired) electrons. The molecule has 0 fully saturated rings. The fraction of sp³-hybridized carbons (Fsp3) is 0.381. The standard InChI is InChI=1S/C21H26N2O3/c1-25-18-9-8-16-11-20(15-6-4-3-5-7-15)23(14-17(16)10-18)21(24)12-19(13-22)26-2/h3-10,19-20H,11-14,22H2,1-2H3. The highest BCUT2D eigenvalue weighted by atomic mass is 16.5. The van der Waals surface area contributed by atoms with Crippen molar-refractivity contribution in [1.29, 1.82) is 0 Å². The van der Waals surface area contributed by atoms with Gasteiger partial charge >= 0.3 is 0 Å². The first-order valence-corrected chi connectivity index (χ1v) is 8.89. The third kappa shape index (κ3) is 3.89. The number of ether oxygens (including phenoxy) is 2. The molecular formula is C21H26N2O3. The topological polar surface area (TPSA) is 64.8 Å². The van der Waals surface area contributed by atoms with E-state index in [1.807, 2.05) is 35.2 Å². The van der Waals surface area contributed by atoms with E-state index in [2.05, 4.69) is 18.2 Å². The fourth-order valence-electron chi connectivity index (χ4n) is 3.50. The number of hydrogen-bond acceptors (Lipinski definition) is 4. The van der Waals surface area contributed by atoms with Gasteiger partial charge in [0.1, 0.15) is 5.75 Å². The molecule has 0 spiro atoms. The van der Waals surface area contributed by atoms with E-state index in [1.54, 1.807) is 14.2 Å². The molecule has 2 unspecified atom stereocenters. The quantitative estimate of drug-likeness (QED) is 0.866. The molecular weight excluding hydrogens is 328 g/mol. The number of fused-ring (bicyclic) bond motifs is 1. The Morgan fingerprint density at radius 3 is 2.62 bits per heavy atom. The van der Waals surface area contributed by atoms with E-state index in [0.717, 1.165) is 23.3 Å². The Labute approximate surface area is 154 Å². The summed E-state index contributed by atoms with van der Waals surface area (Å²) in [6, 6.07) is 16.3. The highest BCUT2D eigenvalue weighted by molar-refractivity contribution is 5.78. The van der Waals surface area contributed by atoms with Crippen LogP contribution < -0.4 is 10.5 Å². The number of methoxy groups -OCH3 is 2. The summed E-state index contributed by atoms with van der Waals surface area (Å²) in [6.45, 7) is 0.891. The molecule has 0 saturated carbocycles. The van der Waals surface area contributed by atoms with Gasteiger partial charge in [0.15, 0.2) is 0 Å². The summed E-state index contributed by atoms with van der Waals surface area (Å²) in [5, 5.41) is 0. The van der Waals surface area contributed by atoms with Crippen LogP contribution in [-0.2, 0) is 22.5 Å². The smallest absolute Gasteiger partial charge is 0.226 e. The zero-order valence-corrected chi connectivity index (χ0v) is 15.4. The van der Waals surface area contributed by atoms with E-state index in [0.29, 0.717) is 13.1 Å². The van der Waals surface area contributed by atoms with Gasteiger partial charge in [0.05, 0.1) is 25.7 Å². The Hall–Kier alpha value is -2.37. The fourth-order valence-corrected chi connectivity index (χ4v) is 3.50. The molecule has 5 nitrogen and oxygen atoms in total. The van der Waals surface area contributed by atoms with Gasteiger partial charge in [0, 0.05) is 20.2 Å². The van der Waals surface area contributed by atoms with Crippen molar-refractivity contribution in [3.63, 3.8) is 0 Å².